The molecule has 2 fully saturated rings. The Kier molecular flexibility index (Phi) is 3.06. The van der Waals surface area contributed by atoms with E-state index >= 15 is 0 Å². The number of hydrogen-bond acceptors (Lipinski definition) is 4. The molecule has 1 saturated heterocycles. The quantitative estimate of drug-likeness (QED) is 0.806. The molecule has 1 atom stereocenters. The number of carbonyl (C=O) groups is 1. The van der Waals surface area contributed by atoms with Gasteiger partial charge in [0.15, 0.2) is 5.82 Å². The van der Waals surface area contributed by atoms with E-state index in [1.165, 1.54) is 6.42 Å². The maximum Gasteiger partial charge on any atom is 0.226 e. The molecular weight excluding hydrogens is 230 g/mol. The maximum absolute atomic E-state index is 12.3. The molecule has 98 valence electrons. The van der Waals surface area contributed by atoms with Gasteiger partial charge >= 0.3 is 0 Å². The van der Waals surface area contributed by atoms with Crippen LogP contribution in [0.4, 0.5) is 0 Å². The van der Waals surface area contributed by atoms with Crippen molar-refractivity contribution in [1.29, 1.82) is 0 Å². The van der Waals surface area contributed by atoms with Crippen LogP contribution in [0.5, 0.6) is 0 Å². The molecule has 1 aromatic rings. The van der Waals surface area contributed by atoms with Crippen LogP contribution in [-0.2, 0) is 4.79 Å². The van der Waals surface area contributed by atoms with E-state index in [1.807, 2.05) is 4.90 Å². The maximum atomic E-state index is 12.3. The van der Waals surface area contributed by atoms with Gasteiger partial charge in [-0.25, -0.2) is 0 Å². The van der Waals surface area contributed by atoms with E-state index in [9.17, 15) is 4.79 Å². The molecule has 2 aliphatic rings. The van der Waals surface area contributed by atoms with Crippen molar-refractivity contribution in [2.24, 2.45) is 5.92 Å². The van der Waals surface area contributed by atoms with E-state index in [1.54, 1.807) is 6.92 Å². The van der Waals surface area contributed by atoms with Gasteiger partial charge in [-0.15, -0.1) is 0 Å². The van der Waals surface area contributed by atoms with Crippen LogP contribution in [-0.4, -0.2) is 27.5 Å². The highest BCUT2D eigenvalue weighted by Gasteiger charge is 2.38. The molecular formula is C13H19N3O2. The lowest BCUT2D eigenvalue weighted by molar-refractivity contribution is -0.135. The van der Waals surface area contributed by atoms with Gasteiger partial charge in [-0.2, -0.15) is 4.98 Å². The second-order valence-corrected chi connectivity index (χ2v) is 5.34. The van der Waals surface area contributed by atoms with Crippen LogP contribution in [0, 0.1) is 12.8 Å². The predicted octanol–water partition coefficient (Wildman–Crippen LogP) is 2.23. The van der Waals surface area contributed by atoms with E-state index in [-0.39, 0.29) is 12.0 Å². The minimum Gasteiger partial charge on any atom is -0.340 e. The Balaban J connectivity index is 1.84. The Labute approximate surface area is 107 Å². The lowest BCUT2D eigenvalue weighted by Gasteiger charge is -2.27. The summed E-state index contributed by atoms with van der Waals surface area (Å²) in [7, 11) is 0. The van der Waals surface area contributed by atoms with Gasteiger partial charge in [0.2, 0.25) is 11.8 Å². The Morgan fingerprint density at radius 1 is 1.28 bits per heavy atom. The molecule has 2 heterocycles. The van der Waals surface area contributed by atoms with Gasteiger partial charge in [-0.3, -0.25) is 4.79 Å². The molecule has 1 aliphatic heterocycles. The zero-order chi connectivity index (χ0) is 12.5. The first-order valence-electron chi connectivity index (χ1n) is 6.86. The van der Waals surface area contributed by atoms with Crippen molar-refractivity contribution < 1.29 is 9.32 Å². The van der Waals surface area contributed by atoms with E-state index in [0.29, 0.717) is 17.6 Å². The average molecular weight is 249 g/mol. The van der Waals surface area contributed by atoms with E-state index in [4.69, 9.17) is 4.52 Å². The van der Waals surface area contributed by atoms with Crippen molar-refractivity contribution in [2.45, 2.75) is 51.5 Å². The highest BCUT2D eigenvalue weighted by molar-refractivity contribution is 5.81. The second kappa shape index (κ2) is 4.71. The Bertz CT molecular complexity index is 439. The van der Waals surface area contributed by atoms with Crippen LogP contribution >= 0.6 is 0 Å². The number of nitrogens with zero attached hydrogens (tertiary/aromatic N) is 3. The molecule has 5 heteroatoms. The Morgan fingerprint density at radius 3 is 2.78 bits per heavy atom. The fourth-order valence-corrected chi connectivity index (χ4v) is 2.66. The first kappa shape index (κ1) is 11.7. The van der Waals surface area contributed by atoms with Gasteiger partial charge in [-0.1, -0.05) is 18.0 Å². The van der Waals surface area contributed by atoms with E-state index < -0.39 is 0 Å². The number of amides is 1. The summed E-state index contributed by atoms with van der Waals surface area (Å²) in [5.41, 5.74) is 0. The molecule has 18 heavy (non-hydrogen) atoms. The number of rotatable bonds is 2. The zero-order valence-corrected chi connectivity index (χ0v) is 10.8. The van der Waals surface area contributed by atoms with Crippen molar-refractivity contribution >= 4 is 5.91 Å². The Morgan fingerprint density at radius 2 is 2.11 bits per heavy atom. The zero-order valence-electron chi connectivity index (χ0n) is 10.8. The van der Waals surface area contributed by atoms with Crippen molar-refractivity contribution in [3.63, 3.8) is 0 Å². The monoisotopic (exact) mass is 249 g/mol. The number of carbonyl (C=O) groups excluding carboxylic acids is 1. The van der Waals surface area contributed by atoms with Crippen molar-refractivity contribution in [3.8, 4) is 0 Å². The number of aromatic nitrogens is 2. The third-order valence-corrected chi connectivity index (χ3v) is 3.80. The summed E-state index contributed by atoms with van der Waals surface area (Å²) < 4.78 is 5.06. The summed E-state index contributed by atoms with van der Waals surface area (Å²) in [6, 6.07) is 0.0260. The van der Waals surface area contributed by atoms with Crippen molar-refractivity contribution in [2.75, 3.05) is 6.54 Å². The van der Waals surface area contributed by atoms with E-state index in [2.05, 4.69) is 10.1 Å². The predicted molar refractivity (Wildman–Crippen MR) is 64.7 cm³/mol. The van der Waals surface area contributed by atoms with Crippen LogP contribution in [0.25, 0.3) is 0 Å². The largest absolute Gasteiger partial charge is 0.340 e. The standard InChI is InChI=1S/C13H19N3O2/c1-9-14-12(15-18-9)11-5-3-2-4-8-16(11)13(17)10-6-7-10/h10-11H,2-8H2,1H3/t11-/m0/s1. The summed E-state index contributed by atoms with van der Waals surface area (Å²) in [4.78, 5) is 18.7. The van der Waals surface area contributed by atoms with Crippen LogP contribution in [0.3, 0.4) is 0 Å². The summed E-state index contributed by atoms with van der Waals surface area (Å²) in [5, 5.41) is 4.01. The third-order valence-electron chi connectivity index (χ3n) is 3.80. The van der Waals surface area contributed by atoms with Gasteiger partial charge in [0.05, 0.1) is 6.04 Å². The molecule has 1 saturated carbocycles. The summed E-state index contributed by atoms with van der Waals surface area (Å²) in [5.74, 6) is 1.82. The highest BCUT2D eigenvalue weighted by Crippen LogP contribution is 2.36. The highest BCUT2D eigenvalue weighted by atomic mass is 16.5. The van der Waals surface area contributed by atoms with Crippen molar-refractivity contribution in [1.82, 2.24) is 15.0 Å². The van der Waals surface area contributed by atoms with Crippen LogP contribution in [0.1, 0.15) is 56.3 Å². The molecule has 1 aromatic heterocycles. The molecule has 0 N–H and O–H groups in total. The van der Waals surface area contributed by atoms with Crippen LogP contribution in [0.2, 0.25) is 0 Å². The normalized spacial score (nSPS) is 24.9. The molecule has 1 amide bonds. The van der Waals surface area contributed by atoms with Crippen LogP contribution in [0.15, 0.2) is 4.52 Å². The van der Waals surface area contributed by atoms with Gasteiger partial charge < -0.3 is 9.42 Å². The lowest BCUT2D eigenvalue weighted by atomic mass is 10.1. The number of hydrogen-bond donors (Lipinski definition) is 0. The van der Waals surface area contributed by atoms with Crippen molar-refractivity contribution in [3.05, 3.63) is 11.7 Å². The topological polar surface area (TPSA) is 59.2 Å². The fraction of sp³-hybridized carbons (Fsp3) is 0.769. The van der Waals surface area contributed by atoms with Gasteiger partial charge in [0.25, 0.3) is 0 Å². The SMILES string of the molecule is Cc1nc([C@@H]2CCCCCN2C(=O)C2CC2)no1. The lowest BCUT2D eigenvalue weighted by Crippen LogP contribution is -2.36. The van der Waals surface area contributed by atoms with Crippen LogP contribution < -0.4 is 0 Å². The first-order chi connectivity index (χ1) is 8.75. The molecule has 0 aromatic carbocycles. The first-order valence-corrected chi connectivity index (χ1v) is 6.86. The molecule has 1 aliphatic carbocycles. The number of aryl methyl sites for hydroxylation is 1. The molecule has 5 nitrogen and oxygen atoms in total. The fourth-order valence-electron chi connectivity index (χ4n) is 2.66. The van der Waals surface area contributed by atoms with Gasteiger partial charge in [-0.05, 0) is 25.7 Å². The third kappa shape index (κ3) is 2.26. The minimum atomic E-state index is 0.0260. The van der Waals surface area contributed by atoms with Gasteiger partial charge in [0.1, 0.15) is 0 Å². The Hall–Kier alpha value is -1.39. The smallest absolute Gasteiger partial charge is 0.226 e. The molecule has 0 spiro atoms. The summed E-state index contributed by atoms with van der Waals surface area (Å²) in [6.07, 6.45) is 6.46. The molecule has 0 unspecified atom stereocenters. The molecule has 0 radical (unpaired) electrons. The van der Waals surface area contributed by atoms with E-state index in [0.717, 1.165) is 38.6 Å². The minimum absolute atomic E-state index is 0.0260. The van der Waals surface area contributed by atoms with Gasteiger partial charge in [0, 0.05) is 19.4 Å². The molecule has 3 rings (SSSR count). The molecule has 0 bridgehead atoms. The summed E-state index contributed by atoms with van der Waals surface area (Å²) in [6.45, 7) is 2.63. The average Bonchev–Trinajstić information content (AvgIpc) is 3.16. The second-order valence-electron chi connectivity index (χ2n) is 5.34. The number of likely N-dealkylation sites (tertiary alicyclic amines) is 1. The summed E-state index contributed by atoms with van der Waals surface area (Å²) >= 11 is 0.